The third-order valence-corrected chi connectivity index (χ3v) is 9.61. The second-order valence-electron chi connectivity index (χ2n) is 11.2. The van der Waals surface area contributed by atoms with Crippen LogP contribution in [0, 0.1) is 12.8 Å². The van der Waals surface area contributed by atoms with Gasteiger partial charge in [-0.3, -0.25) is 13.9 Å². The molecular weight excluding hydrogens is 629 g/mol. The lowest BCUT2D eigenvalue weighted by molar-refractivity contribution is -0.140. The van der Waals surface area contributed by atoms with Crippen molar-refractivity contribution in [2.75, 3.05) is 17.4 Å². The number of nitrogens with one attached hydrogen (secondary N) is 1. The molecule has 7 nitrogen and oxygen atoms in total. The van der Waals surface area contributed by atoms with Gasteiger partial charge in [0.15, 0.2) is 0 Å². The smallest absolute Gasteiger partial charge is 0.264 e. The second kappa shape index (κ2) is 15.4. The first-order valence-electron chi connectivity index (χ1n) is 14.6. The number of halogens is 2. The molecule has 0 radical (unpaired) electrons. The van der Waals surface area contributed by atoms with Gasteiger partial charge < -0.3 is 10.2 Å². The first kappa shape index (κ1) is 34.0. The molecule has 4 rings (SSSR count). The van der Waals surface area contributed by atoms with Gasteiger partial charge in [-0.1, -0.05) is 97.7 Å². The number of anilines is 1. The SMILES string of the molecule is Cc1ccccc1CN(C(=O)CN(c1cccc(Cl)c1)S(=O)(=O)c1ccc(Cl)cc1)C(Cc1ccccc1)C(=O)NCC(C)C. The van der Waals surface area contributed by atoms with Crippen LogP contribution in [-0.4, -0.2) is 44.3 Å². The van der Waals surface area contributed by atoms with Crippen LogP contribution in [0.15, 0.2) is 108 Å². The molecule has 2 amide bonds. The summed E-state index contributed by atoms with van der Waals surface area (Å²) in [6.07, 6.45) is 0.240. The number of aryl methyl sites for hydroxylation is 1. The Morgan fingerprint density at radius 1 is 0.822 bits per heavy atom. The number of carbonyl (C=O) groups is 2. The lowest BCUT2D eigenvalue weighted by Crippen LogP contribution is -2.53. The van der Waals surface area contributed by atoms with Gasteiger partial charge in [0.05, 0.1) is 10.6 Å². The maximum absolute atomic E-state index is 14.5. The number of carbonyl (C=O) groups excluding carboxylic acids is 2. The van der Waals surface area contributed by atoms with E-state index in [0.717, 1.165) is 21.0 Å². The summed E-state index contributed by atoms with van der Waals surface area (Å²) in [5.41, 5.74) is 2.86. The predicted molar refractivity (Wildman–Crippen MR) is 181 cm³/mol. The van der Waals surface area contributed by atoms with Crippen LogP contribution in [0.1, 0.15) is 30.5 Å². The molecule has 1 unspecified atom stereocenters. The number of hydrogen-bond donors (Lipinski definition) is 1. The van der Waals surface area contributed by atoms with E-state index in [4.69, 9.17) is 23.2 Å². The van der Waals surface area contributed by atoms with Gasteiger partial charge in [-0.2, -0.15) is 0 Å². The molecule has 236 valence electrons. The Hall–Kier alpha value is -3.85. The third-order valence-electron chi connectivity index (χ3n) is 7.33. The molecule has 1 N–H and O–H groups in total. The van der Waals surface area contributed by atoms with Crippen LogP contribution in [0.2, 0.25) is 10.0 Å². The highest BCUT2D eigenvalue weighted by atomic mass is 35.5. The molecule has 0 spiro atoms. The summed E-state index contributed by atoms with van der Waals surface area (Å²) in [7, 11) is -4.26. The van der Waals surface area contributed by atoms with Crippen LogP contribution in [0.3, 0.4) is 0 Å². The molecule has 10 heteroatoms. The van der Waals surface area contributed by atoms with Gasteiger partial charge in [-0.05, 0) is 72.0 Å². The summed E-state index contributed by atoms with van der Waals surface area (Å²) < 4.78 is 29.2. The van der Waals surface area contributed by atoms with Crippen LogP contribution in [0.4, 0.5) is 5.69 Å². The largest absolute Gasteiger partial charge is 0.354 e. The van der Waals surface area contributed by atoms with Crippen LogP contribution in [0.5, 0.6) is 0 Å². The van der Waals surface area contributed by atoms with Crippen molar-refractivity contribution in [1.29, 1.82) is 0 Å². The van der Waals surface area contributed by atoms with E-state index in [1.54, 1.807) is 18.2 Å². The Bertz CT molecular complexity index is 1710. The fourth-order valence-electron chi connectivity index (χ4n) is 4.84. The Morgan fingerprint density at radius 2 is 1.49 bits per heavy atom. The molecule has 0 saturated carbocycles. The highest BCUT2D eigenvalue weighted by molar-refractivity contribution is 7.92. The molecule has 0 fully saturated rings. The van der Waals surface area contributed by atoms with Gasteiger partial charge in [-0.25, -0.2) is 8.42 Å². The van der Waals surface area contributed by atoms with Crippen molar-refractivity contribution >= 4 is 50.7 Å². The minimum absolute atomic E-state index is 0.0411. The molecule has 0 aromatic heterocycles. The maximum atomic E-state index is 14.5. The molecule has 4 aromatic carbocycles. The first-order valence-corrected chi connectivity index (χ1v) is 16.8. The van der Waals surface area contributed by atoms with E-state index in [9.17, 15) is 18.0 Å². The second-order valence-corrected chi connectivity index (χ2v) is 14.0. The van der Waals surface area contributed by atoms with E-state index in [1.165, 1.54) is 35.2 Å². The molecule has 1 atom stereocenters. The molecular formula is C35H37Cl2N3O4S. The molecule has 0 saturated heterocycles. The summed E-state index contributed by atoms with van der Waals surface area (Å²) in [5.74, 6) is -0.671. The van der Waals surface area contributed by atoms with Gasteiger partial charge >= 0.3 is 0 Å². The van der Waals surface area contributed by atoms with Crippen LogP contribution < -0.4 is 9.62 Å². The highest BCUT2D eigenvalue weighted by Gasteiger charge is 2.35. The normalized spacial score (nSPS) is 12.0. The Morgan fingerprint density at radius 3 is 2.13 bits per heavy atom. The van der Waals surface area contributed by atoms with E-state index < -0.39 is 28.5 Å². The van der Waals surface area contributed by atoms with Gasteiger partial charge in [0.2, 0.25) is 11.8 Å². The Labute approximate surface area is 275 Å². The molecule has 45 heavy (non-hydrogen) atoms. The summed E-state index contributed by atoms with van der Waals surface area (Å²) in [6, 6.07) is 28.2. The van der Waals surface area contributed by atoms with E-state index in [1.807, 2.05) is 75.4 Å². The predicted octanol–water partition coefficient (Wildman–Crippen LogP) is 6.91. The van der Waals surface area contributed by atoms with Crippen LogP contribution in [0.25, 0.3) is 0 Å². The fraction of sp³-hybridized carbons (Fsp3) is 0.257. The number of benzene rings is 4. The quantitative estimate of drug-likeness (QED) is 0.168. The average Bonchev–Trinajstić information content (AvgIpc) is 3.01. The number of nitrogens with zero attached hydrogens (tertiary/aromatic N) is 2. The molecule has 4 aromatic rings. The molecule has 0 aliphatic rings. The minimum Gasteiger partial charge on any atom is -0.354 e. The van der Waals surface area contributed by atoms with E-state index in [0.29, 0.717) is 16.6 Å². The average molecular weight is 667 g/mol. The Kier molecular flexibility index (Phi) is 11.7. The highest BCUT2D eigenvalue weighted by Crippen LogP contribution is 2.28. The van der Waals surface area contributed by atoms with Crippen LogP contribution >= 0.6 is 23.2 Å². The van der Waals surface area contributed by atoms with Crippen molar-refractivity contribution in [2.45, 2.75) is 44.7 Å². The monoisotopic (exact) mass is 665 g/mol. The number of amides is 2. The van der Waals surface area contributed by atoms with Gasteiger partial charge in [0.1, 0.15) is 12.6 Å². The van der Waals surface area contributed by atoms with Gasteiger partial charge in [0, 0.05) is 29.6 Å². The molecule has 0 heterocycles. The zero-order valence-corrected chi connectivity index (χ0v) is 27.8. The third kappa shape index (κ3) is 9.10. The fourth-order valence-corrected chi connectivity index (χ4v) is 6.56. The molecule has 0 aliphatic heterocycles. The number of hydrogen-bond acceptors (Lipinski definition) is 4. The van der Waals surface area contributed by atoms with Crippen molar-refractivity contribution in [3.8, 4) is 0 Å². The van der Waals surface area contributed by atoms with Crippen molar-refractivity contribution in [3.05, 3.63) is 130 Å². The lowest BCUT2D eigenvalue weighted by Gasteiger charge is -2.34. The van der Waals surface area contributed by atoms with E-state index in [2.05, 4.69) is 5.32 Å². The number of rotatable bonds is 13. The number of sulfonamides is 1. The lowest BCUT2D eigenvalue weighted by atomic mass is 10.0. The van der Waals surface area contributed by atoms with E-state index >= 15 is 0 Å². The maximum Gasteiger partial charge on any atom is 0.264 e. The van der Waals surface area contributed by atoms with Gasteiger partial charge in [-0.15, -0.1) is 0 Å². The summed E-state index contributed by atoms with van der Waals surface area (Å²) in [5, 5.41) is 3.68. The van der Waals surface area contributed by atoms with Crippen molar-refractivity contribution < 1.29 is 18.0 Å². The molecule has 0 aliphatic carbocycles. The van der Waals surface area contributed by atoms with Crippen molar-refractivity contribution in [2.24, 2.45) is 5.92 Å². The van der Waals surface area contributed by atoms with Crippen molar-refractivity contribution in [1.82, 2.24) is 10.2 Å². The standard InChI is InChI=1S/C35H37Cl2N3O4S/c1-25(2)22-38-35(42)33(20-27-11-5-4-6-12-27)39(23-28-13-8-7-10-26(28)3)34(41)24-40(31-15-9-14-30(37)21-31)45(43,44)32-18-16-29(36)17-19-32/h4-19,21,25,33H,20,22-24H2,1-3H3,(H,38,42). The summed E-state index contributed by atoms with van der Waals surface area (Å²) in [4.78, 5) is 29.8. The zero-order valence-electron chi connectivity index (χ0n) is 25.5. The zero-order chi connectivity index (χ0) is 32.6. The Balaban J connectivity index is 1.81. The minimum atomic E-state index is -4.26. The summed E-state index contributed by atoms with van der Waals surface area (Å²) >= 11 is 12.3. The van der Waals surface area contributed by atoms with E-state index in [-0.39, 0.29) is 35.4 Å². The van der Waals surface area contributed by atoms with Crippen LogP contribution in [-0.2, 0) is 32.6 Å². The molecule has 0 bridgehead atoms. The summed E-state index contributed by atoms with van der Waals surface area (Å²) in [6.45, 7) is 5.88. The van der Waals surface area contributed by atoms with Crippen molar-refractivity contribution in [3.63, 3.8) is 0 Å². The van der Waals surface area contributed by atoms with Gasteiger partial charge in [0.25, 0.3) is 10.0 Å². The topological polar surface area (TPSA) is 86.8 Å². The first-order chi connectivity index (χ1) is 21.5.